The Kier molecular flexibility index (Phi) is 7.79. The minimum absolute atomic E-state index is 0. The summed E-state index contributed by atoms with van der Waals surface area (Å²) in [7, 11) is 3.90. The molecule has 0 saturated heterocycles. The number of hydrogen-bond donors (Lipinski definition) is 0. The van der Waals surface area contributed by atoms with Gasteiger partial charge in [0.05, 0.1) is 5.56 Å². The number of nitriles is 2. The Balaban J connectivity index is 0.000000200. The van der Waals surface area contributed by atoms with Crippen molar-refractivity contribution in [2.45, 2.75) is 0 Å². The van der Waals surface area contributed by atoms with Crippen LogP contribution in [0.4, 0.5) is 11.5 Å². The van der Waals surface area contributed by atoms with Crippen molar-refractivity contribution in [3.05, 3.63) is 91.9 Å². The maximum atomic E-state index is 8.62. The molecule has 0 spiro atoms. The average molecular weight is 561 g/mol. The molecule has 0 radical (unpaired) electrons. The maximum absolute atomic E-state index is 8.62. The van der Waals surface area contributed by atoms with Crippen LogP contribution in [0.2, 0.25) is 0 Å². The third-order valence-corrected chi connectivity index (χ3v) is 3.88. The number of hydrogen-bond acceptors (Lipinski definition) is 7. The van der Waals surface area contributed by atoms with Gasteiger partial charge in [-0.2, -0.15) is 30.1 Å². The van der Waals surface area contributed by atoms with Gasteiger partial charge in [-0.25, -0.2) is 10.2 Å². The Morgan fingerprint density at radius 3 is 1.93 bits per heavy atom. The van der Waals surface area contributed by atoms with Crippen molar-refractivity contribution >= 4 is 11.5 Å². The predicted octanol–water partition coefficient (Wildman–Crippen LogP) is 2.99. The summed E-state index contributed by atoms with van der Waals surface area (Å²) in [5, 5.41) is 17.2. The van der Waals surface area contributed by atoms with Crippen LogP contribution in [-0.2, 0) is 20.1 Å². The fourth-order valence-electron chi connectivity index (χ4n) is 2.43. The van der Waals surface area contributed by atoms with E-state index >= 15 is 0 Å². The second-order valence-electron chi connectivity index (χ2n) is 6.06. The SMILES string of the molecule is CN1C=CN(c2[c-]cc(C#N)cc2)[CH-]1.CN1C=CN(c2ccc(C#N)cn2)[CH-]1.[Ir+3]. The molecule has 2 aliphatic rings. The molecule has 3 heterocycles. The molecule has 0 N–H and O–H groups in total. The van der Waals surface area contributed by atoms with Crippen LogP contribution in [0.3, 0.4) is 0 Å². The molecule has 0 saturated carbocycles. The van der Waals surface area contributed by atoms with Gasteiger partial charge in [0.15, 0.2) is 0 Å². The summed E-state index contributed by atoms with van der Waals surface area (Å²) in [5.41, 5.74) is 2.14. The molecular weight excluding hydrogens is 542 g/mol. The fraction of sp³-hybridized carbons (Fsp3) is 0.0952. The van der Waals surface area contributed by atoms with Crippen molar-refractivity contribution in [2.24, 2.45) is 0 Å². The van der Waals surface area contributed by atoms with Crippen molar-refractivity contribution in [1.82, 2.24) is 14.8 Å². The van der Waals surface area contributed by atoms with Crippen molar-refractivity contribution in [3.8, 4) is 12.1 Å². The zero-order valence-corrected chi connectivity index (χ0v) is 18.3. The van der Waals surface area contributed by atoms with Crippen molar-refractivity contribution in [2.75, 3.05) is 23.9 Å². The molecule has 0 bridgehead atoms. The molecule has 8 heteroatoms. The van der Waals surface area contributed by atoms with E-state index in [0.717, 1.165) is 11.5 Å². The van der Waals surface area contributed by atoms with Gasteiger partial charge in [-0.1, -0.05) is 5.56 Å². The molecule has 2 aliphatic heterocycles. The van der Waals surface area contributed by atoms with Gasteiger partial charge in [0.2, 0.25) is 0 Å². The first-order chi connectivity index (χ1) is 13.6. The third-order valence-electron chi connectivity index (χ3n) is 3.88. The molecule has 0 amide bonds. The van der Waals surface area contributed by atoms with Gasteiger partial charge < -0.3 is 19.6 Å². The van der Waals surface area contributed by atoms with Crippen LogP contribution in [0.25, 0.3) is 0 Å². The molecule has 4 rings (SSSR count). The molecule has 0 fully saturated rings. The molecule has 29 heavy (non-hydrogen) atoms. The van der Waals surface area contributed by atoms with E-state index < -0.39 is 0 Å². The first kappa shape index (κ1) is 22.0. The molecule has 0 unspecified atom stereocenters. The van der Waals surface area contributed by atoms with E-state index in [1.54, 1.807) is 24.4 Å². The Labute approximate surface area is 184 Å². The van der Waals surface area contributed by atoms with E-state index in [0.29, 0.717) is 11.1 Å². The molecule has 2 aromatic rings. The van der Waals surface area contributed by atoms with Gasteiger partial charge in [-0.15, -0.1) is 18.4 Å². The Bertz CT molecular complexity index is 859. The Morgan fingerprint density at radius 1 is 0.862 bits per heavy atom. The van der Waals surface area contributed by atoms with E-state index in [-0.39, 0.29) is 20.1 Å². The Hall–Kier alpha value is -3.32. The van der Waals surface area contributed by atoms with E-state index in [9.17, 15) is 0 Å². The standard InChI is InChI=1S/C11H9N3.C10H9N4.Ir/c1-13-6-7-14(9-13)11-4-2-10(8-12)3-5-11;1-13-4-5-14(8-13)10-3-2-9(6-11)7-12-10;/h2-4,6-7,9H,1H3;2-5,7-8H,1H3;/q-2;-1;+3. The van der Waals surface area contributed by atoms with Crippen LogP contribution in [0.5, 0.6) is 0 Å². The maximum Gasteiger partial charge on any atom is 3.00 e. The van der Waals surface area contributed by atoms with Crippen LogP contribution in [0, 0.1) is 42.1 Å². The monoisotopic (exact) mass is 561 g/mol. The molecule has 1 aromatic carbocycles. The largest absolute Gasteiger partial charge is 3.00 e. The zero-order valence-electron chi connectivity index (χ0n) is 15.9. The van der Waals surface area contributed by atoms with Crippen LogP contribution >= 0.6 is 0 Å². The number of anilines is 2. The summed E-state index contributed by atoms with van der Waals surface area (Å²) in [6.45, 7) is 3.85. The quantitative estimate of drug-likeness (QED) is 0.523. The van der Waals surface area contributed by atoms with Crippen molar-refractivity contribution in [3.63, 3.8) is 0 Å². The number of rotatable bonds is 2. The molecule has 146 valence electrons. The first-order valence-corrected chi connectivity index (χ1v) is 8.44. The van der Waals surface area contributed by atoms with E-state index in [1.807, 2.05) is 90.0 Å². The van der Waals surface area contributed by atoms with Crippen LogP contribution in [0.15, 0.2) is 61.3 Å². The first-order valence-electron chi connectivity index (χ1n) is 8.44. The zero-order chi connectivity index (χ0) is 19.9. The van der Waals surface area contributed by atoms with Crippen LogP contribution < -0.4 is 9.80 Å². The normalized spacial score (nSPS) is 14.1. The summed E-state index contributed by atoms with van der Waals surface area (Å²) >= 11 is 0. The summed E-state index contributed by atoms with van der Waals surface area (Å²) in [4.78, 5) is 11.9. The smallest absolute Gasteiger partial charge is 0.510 e. The Morgan fingerprint density at radius 2 is 1.48 bits per heavy atom. The van der Waals surface area contributed by atoms with Gasteiger partial charge in [0.25, 0.3) is 0 Å². The van der Waals surface area contributed by atoms with Crippen LogP contribution in [-0.4, -0.2) is 28.9 Å². The fourth-order valence-corrected chi connectivity index (χ4v) is 2.43. The van der Waals surface area contributed by atoms with Gasteiger partial charge in [-0.3, -0.25) is 0 Å². The van der Waals surface area contributed by atoms with E-state index in [2.05, 4.69) is 17.1 Å². The second kappa shape index (κ2) is 10.3. The average Bonchev–Trinajstić information content (AvgIpc) is 3.37. The van der Waals surface area contributed by atoms with Crippen molar-refractivity contribution in [1.29, 1.82) is 10.5 Å². The minimum Gasteiger partial charge on any atom is -0.510 e. The van der Waals surface area contributed by atoms with Gasteiger partial charge in [0, 0.05) is 12.3 Å². The van der Waals surface area contributed by atoms with E-state index in [1.165, 1.54) is 0 Å². The number of aromatic nitrogens is 1. The number of benzene rings is 1. The summed E-state index contributed by atoms with van der Waals surface area (Å²) in [5.74, 6) is 0.810. The number of nitrogens with zero attached hydrogens (tertiary/aromatic N) is 7. The minimum atomic E-state index is 0. The molecule has 0 atom stereocenters. The molecule has 1 aromatic heterocycles. The van der Waals surface area contributed by atoms with Crippen molar-refractivity contribution < 1.29 is 20.1 Å². The van der Waals surface area contributed by atoms with Gasteiger partial charge >= 0.3 is 20.1 Å². The summed E-state index contributed by atoms with van der Waals surface area (Å²) in [6.07, 6.45) is 9.30. The van der Waals surface area contributed by atoms with Gasteiger partial charge in [0.1, 0.15) is 11.9 Å². The second-order valence-corrected chi connectivity index (χ2v) is 6.06. The molecule has 0 aliphatic carbocycles. The molecule has 7 nitrogen and oxygen atoms in total. The molecular formula is C21H18IrN7. The third kappa shape index (κ3) is 5.83. The van der Waals surface area contributed by atoms with Crippen LogP contribution in [0.1, 0.15) is 11.1 Å². The topological polar surface area (TPSA) is 73.4 Å². The number of pyridine rings is 1. The summed E-state index contributed by atoms with van der Waals surface area (Å²) < 4.78 is 0. The predicted molar refractivity (Wildman–Crippen MR) is 106 cm³/mol. The van der Waals surface area contributed by atoms with E-state index in [4.69, 9.17) is 10.5 Å². The van der Waals surface area contributed by atoms with Gasteiger partial charge in [-0.05, 0) is 51.0 Å². The summed E-state index contributed by atoms with van der Waals surface area (Å²) in [6, 6.07) is 16.1.